The molecule has 0 aliphatic rings. The van der Waals surface area contributed by atoms with Gasteiger partial charge in [0.25, 0.3) is 5.91 Å². The van der Waals surface area contributed by atoms with Crippen molar-refractivity contribution in [2.24, 2.45) is 5.73 Å². The van der Waals surface area contributed by atoms with E-state index in [1.165, 1.54) is 12.3 Å². The van der Waals surface area contributed by atoms with Crippen LogP contribution in [0.15, 0.2) is 33.7 Å². The van der Waals surface area contributed by atoms with Gasteiger partial charge in [-0.05, 0) is 19.1 Å². The molecular formula is C17H11BrCl3N3O3. The van der Waals surface area contributed by atoms with Crippen molar-refractivity contribution in [2.45, 2.75) is 6.92 Å². The van der Waals surface area contributed by atoms with Crippen molar-refractivity contribution in [1.82, 2.24) is 9.55 Å². The number of carbonyl (C=O) groups excluding carboxylic acids is 1. The standard InChI is InChI=1S/C17H11BrCl3N3O3/c1-7-2-12(25)14-16(11(21)5-23-17(14)27-6-13(22)26)24(7)15-9(19)3-8(18)4-10(15)20/h2-5H,6H2,1H3,(H2,22,26). The lowest BCUT2D eigenvalue weighted by Crippen LogP contribution is -2.21. The third-order valence-electron chi connectivity index (χ3n) is 3.69. The van der Waals surface area contributed by atoms with Crippen molar-refractivity contribution in [2.75, 3.05) is 6.61 Å². The number of aryl methyl sites for hydroxylation is 1. The normalized spacial score (nSPS) is 11.0. The van der Waals surface area contributed by atoms with Gasteiger partial charge >= 0.3 is 0 Å². The summed E-state index contributed by atoms with van der Waals surface area (Å²) in [6, 6.07) is 4.73. The summed E-state index contributed by atoms with van der Waals surface area (Å²) in [7, 11) is 0. The molecule has 0 spiro atoms. The Hall–Kier alpha value is -1.80. The summed E-state index contributed by atoms with van der Waals surface area (Å²) < 4.78 is 7.64. The van der Waals surface area contributed by atoms with Crippen LogP contribution in [0.1, 0.15) is 5.69 Å². The molecule has 27 heavy (non-hydrogen) atoms. The SMILES string of the molecule is Cc1cc(=O)c2c(OCC(N)=O)ncc(Cl)c2n1-c1c(Cl)cc(Br)cc1Cl. The number of hydrogen-bond donors (Lipinski definition) is 1. The van der Waals surface area contributed by atoms with E-state index >= 15 is 0 Å². The molecule has 0 fully saturated rings. The maximum atomic E-state index is 12.6. The lowest BCUT2D eigenvalue weighted by atomic mass is 10.2. The van der Waals surface area contributed by atoms with Crippen LogP contribution >= 0.6 is 50.7 Å². The number of rotatable bonds is 4. The number of amides is 1. The average Bonchev–Trinajstić information content (AvgIpc) is 2.55. The summed E-state index contributed by atoms with van der Waals surface area (Å²) in [4.78, 5) is 27.7. The van der Waals surface area contributed by atoms with Gasteiger partial charge in [0, 0.05) is 16.2 Å². The van der Waals surface area contributed by atoms with Crippen molar-refractivity contribution >= 4 is 67.5 Å². The Balaban J connectivity index is 2.43. The molecule has 10 heteroatoms. The first kappa shape index (κ1) is 19.9. The number of fused-ring (bicyclic) bond motifs is 1. The maximum absolute atomic E-state index is 12.6. The van der Waals surface area contributed by atoms with Crippen molar-refractivity contribution in [1.29, 1.82) is 0 Å². The second-order valence-corrected chi connectivity index (χ2v) is 7.73. The number of pyridine rings is 2. The van der Waals surface area contributed by atoms with Gasteiger partial charge in [0.05, 0.1) is 32.5 Å². The summed E-state index contributed by atoms with van der Waals surface area (Å²) in [5.74, 6) is -0.761. The molecule has 0 saturated carbocycles. The third kappa shape index (κ3) is 3.78. The Bertz CT molecular complexity index is 1120. The number of nitrogens with two attached hydrogens (primary N) is 1. The van der Waals surface area contributed by atoms with Gasteiger partial charge in [-0.25, -0.2) is 4.98 Å². The molecule has 2 aromatic heterocycles. The minimum Gasteiger partial charge on any atom is -0.467 e. The molecule has 3 aromatic rings. The Kier molecular flexibility index (Phi) is 5.67. The lowest BCUT2D eigenvalue weighted by molar-refractivity contribution is -0.120. The largest absolute Gasteiger partial charge is 0.467 e. The van der Waals surface area contributed by atoms with Crippen LogP contribution in [0.2, 0.25) is 15.1 Å². The van der Waals surface area contributed by atoms with Crippen molar-refractivity contribution in [3.63, 3.8) is 0 Å². The number of carbonyl (C=O) groups is 1. The molecule has 1 aromatic carbocycles. The van der Waals surface area contributed by atoms with Gasteiger partial charge in [0.1, 0.15) is 5.39 Å². The van der Waals surface area contributed by atoms with Crippen LogP contribution in [0.3, 0.4) is 0 Å². The minimum absolute atomic E-state index is 0.0590. The zero-order valence-electron chi connectivity index (χ0n) is 13.7. The molecule has 3 rings (SSSR count). The zero-order chi connectivity index (χ0) is 19.9. The zero-order valence-corrected chi connectivity index (χ0v) is 17.6. The number of halogens is 4. The molecule has 0 atom stereocenters. The van der Waals surface area contributed by atoms with Crippen LogP contribution in [-0.4, -0.2) is 22.1 Å². The molecule has 140 valence electrons. The van der Waals surface area contributed by atoms with E-state index in [1.807, 2.05) is 0 Å². The molecule has 1 amide bonds. The van der Waals surface area contributed by atoms with E-state index in [-0.39, 0.29) is 21.7 Å². The van der Waals surface area contributed by atoms with E-state index in [0.29, 0.717) is 31.4 Å². The fourth-order valence-corrected chi connectivity index (χ4v) is 4.30. The van der Waals surface area contributed by atoms with Gasteiger partial charge in [-0.1, -0.05) is 50.7 Å². The van der Waals surface area contributed by atoms with Crippen molar-refractivity contribution in [3.05, 3.63) is 59.9 Å². The van der Waals surface area contributed by atoms with Crippen LogP contribution in [0, 0.1) is 6.92 Å². The molecule has 0 radical (unpaired) electrons. The van der Waals surface area contributed by atoms with Crippen LogP contribution < -0.4 is 15.9 Å². The van der Waals surface area contributed by atoms with Gasteiger partial charge in [0.2, 0.25) is 5.88 Å². The first-order valence-electron chi connectivity index (χ1n) is 7.47. The predicted octanol–water partition coefficient (Wildman–Crippen LogP) is 4.28. The van der Waals surface area contributed by atoms with E-state index in [1.54, 1.807) is 23.6 Å². The molecule has 0 aliphatic heterocycles. The van der Waals surface area contributed by atoms with E-state index < -0.39 is 12.5 Å². The van der Waals surface area contributed by atoms with Crippen LogP contribution in [0.5, 0.6) is 5.88 Å². The van der Waals surface area contributed by atoms with E-state index in [9.17, 15) is 9.59 Å². The Morgan fingerprint density at radius 2 is 1.85 bits per heavy atom. The summed E-state index contributed by atoms with van der Waals surface area (Å²) >= 11 is 22.5. The minimum atomic E-state index is -0.702. The molecule has 2 N–H and O–H groups in total. The maximum Gasteiger partial charge on any atom is 0.255 e. The topological polar surface area (TPSA) is 87.2 Å². The Morgan fingerprint density at radius 1 is 1.22 bits per heavy atom. The van der Waals surface area contributed by atoms with E-state index in [4.69, 9.17) is 45.3 Å². The number of nitrogens with zero attached hydrogens (tertiary/aromatic N) is 2. The second-order valence-electron chi connectivity index (χ2n) is 5.59. The molecule has 0 unspecified atom stereocenters. The number of benzene rings is 1. The summed E-state index contributed by atoms with van der Waals surface area (Å²) in [6.45, 7) is 1.28. The molecule has 6 nitrogen and oxygen atoms in total. The van der Waals surface area contributed by atoms with Crippen LogP contribution in [0.25, 0.3) is 16.6 Å². The highest BCUT2D eigenvalue weighted by atomic mass is 79.9. The van der Waals surface area contributed by atoms with Gasteiger partial charge < -0.3 is 15.0 Å². The van der Waals surface area contributed by atoms with Gasteiger partial charge in [-0.15, -0.1) is 0 Å². The second kappa shape index (κ2) is 7.67. The molecule has 0 saturated heterocycles. The van der Waals surface area contributed by atoms with Gasteiger partial charge in [-0.2, -0.15) is 0 Å². The van der Waals surface area contributed by atoms with Crippen molar-refractivity contribution in [3.8, 4) is 11.6 Å². The molecule has 0 aliphatic carbocycles. The Morgan fingerprint density at radius 3 is 2.44 bits per heavy atom. The highest BCUT2D eigenvalue weighted by Crippen LogP contribution is 2.37. The Labute approximate surface area is 176 Å². The molecule has 2 heterocycles. The fourth-order valence-electron chi connectivity index (χ4n) is 2.69. The van der Waals surface area contributed by atoms with E-state index in [0.717, 1.165) is 0 Å². The van der Waals surface area contributed by atoms with Crippen molar-refractivity contribution < 1.29 is 9.53 Å². The number of aromatic nitrogens is 2. The van der Waals surface area contributed by atoms with E-state index in [2.05, 4.69) is 20.9 Å². The lowest BCUT2D eigenvalue weighted by Gasteiger charge is -2.19. The number of hydrogen-bond acceptors (Lipinski definition) is 4. The summed E-state index contributed by atoms with van der Waals surface area (Å²) in [5.41, 5.74) is 6.03. The fraction of sp³-hybridized carbons (Fsp3) is 0.118. The quantitative estimate of drug-likeness (QED) is 0.590. The summed E-state index contributed by atoms with van der Waals surface area (Å²) in [5, 5.41) is 0.960. The van der Waals surface area contributed by atoms with Crippen LogP contribution in [-0.2, 0) is 4.79 Å². The number of primary amides is 1. The third-order valence-corrected chi connectivity index (χ3v) is 5.00. The van der Waals surface area contributed by atoms with Gasteiger partial charge in [-0.3, -0.25) is 9.59 Å². The monoisotopic (exact) mass is 489 g/mol. The van der Waals surface area contributed by atoms with Crippen LogP contribution in [0.4, 0.5) is 0 Å². The smallest absolute Gasteiger partial charge is 0.255 e. The average molecular weight is 492 g/mol. The first-order valence-corrected chi connectivity index (χ1v) is 9.40. The molecule has 0 bridgehead atoms. The number of ether oxygens (including phenoxy) is 1. The highest BCUT2D eigenvalue weighted by Gasteiger charge is 2.20. The summed E-state index contributed by atoms with van der Waals surface area (Å²) in [6.07, 6.45) is 1.32. The van der Waals surface area contributed by atoms with Gasteiger partial charge in [0.15, 0.2) is 12.0 Å². The first-order chi connectivity index (χ1) is 12.7. The highest BCUT2D eigenvalue weighted by molar-refractivity contribution is 9.10. The molecular weight excluding hydrogens is 480 g/mol. The predicted molar refractivity (Wildman–Crippen MR) is 109 cm³/mol.